The van der Waals surface area contributed by atoms with E-state index in [4.69, 9.17) is 4.74 Å². The zero-order valence-electron chi connectivity index (χ0n) is 13.9. The minimum atomic E-state index is -0.242. The van der Waals surface area contributed by atoms with Crippen LogP contribution in [0, 0.1) is 5.82 Å². The van der Waals surface area contributed by atoms with Crippen molar-refractivity contribution in [1.82, 2.24) is 4.90 Å². The smallest absolute Gasteiger partial charge is 0.223 e. The lowest BCUT2D eigenvalue weighted by molar-refractivity contribution is -0.132. The highest BCUT2D eigenvalue weighted by Gasteiger charge is 2.29. The molecular formula is C20H22FNO2. The summed E-state index contributed by atoms with van der Waals surface area (Å²) in [6, 6.07) is 14.4. The summed E-state index contributed by atoms with van der Waals surface area (Å²) in [5, 5.41) is 0. The fourth-order valence-electron chi connectivity index (χ4n) is 3.28. The lowest BCUT2D eigenvalue weighted by Crippen LogP contribution is -2.30. The van der Waals surface area contributed by atoms with Crippen molar-refractivity contribution >= 4 is 5.91 Å². The molecule has 0 unspecified atom stereocenters. The Hall–Kier alpha value is -2.36. The highest BCUT2D eigenvalue weighted by molar-refractivity contribution is 5.77. The van der Waals surface area contributed by atoms with Crippen LogP contribution in [0.4, 0.5) is 4.39 Å². The number of aryl methyl sites for hydroxylation is 1. The number of rotatable bonds is 5. The van der Waals surface area contributed by atoms with Crippen molar-refractivity contribution in [2.24, 2.45) is 0 Å². The van der Waals surface area contributed by atoms with Gasteiger partial charge in [0, 0.05) is 13.0 Å². The molecule has 1 atom stereocenters. The van der Waals surface area contributed by atoms with Crippen molar-refractivity contribution in [3.05, 3.63) is 65.5 Å². The fraction of sp³-hybridized carbons (Fsp3) is 0.350. The maximum atomic E-state index is 13.1. The van der Waals surface area contributed by atoms with Crippen LogP contribution >= 0.6 is 0 Å². The largest absolute Gasteiger partial charge is 0.497 e. The molecular weight excluding hydrogens is 305 g/mol. The maximum absolute atomic E-state index is 13.1. The van der Waals surface area contributed by atoms with Crippen molar-refractivity contribution in [3.8, 4) is 5.75 Å². The minimum absolute atomic E-state index is 0.0777. The van der Waals surface area contributed by atoms with Crippen LogP contribution in [0.1, 0.15) is 36.4 Å². The second-order valence-corrected chi connectivity index (χ2v) is 6.14. The van der Waals surface area contributed by atoms with Crippen molar-refractivity contribution < 1.29 is 13.9 Å². The molecule has 1 amide bonds. The van der Waals surface area contributed by atoms with Crippen molar-refractivity contribution in [2.45, 2.75) is 31.7 Å². The highest BCUT2D eigenvalue weighted by atomic mass is 19.1. The van der Waals surface area contributed by atoms with E-state index >= 15 is 0 Å². The van der Waals surface area contributed by atoms with Gasteiger partial charge in [-0.1, -0.05) is 24.3 Å². The summed E-state index contributed by atoms with van der Waals surface area (Å²) in [5.41, 5.74) is 2.15. The number of hydrogen-bond acceptors (Lipinski definition) is 2. The summed E-state index contributed by atoms with van der Waals surface area (Å²) in [4.78, 5) is 14.6. The van der Waals surface area contributed by atoms with E-state index in [0.717, 1.165) is 42.7 Å². The summed E-state index contributed by atoms with van der Waals surface area (Å²) in [6.07, 6.45) is 3.15. The van der Waals surface area contributed by atoms with E-state index in [1.807, 2.05) is 29.2 Å². The van der Waals surface area contributed by atoms with Gasteiger partial charge in [-0.15, -0.1) is 0 Å². The van der Waals surface area contributed by atoms with Crippen LogP contribution in [0.5, 0.6) is 5.75 Å². The number of halogens is 1. The van der Waals surface area contributed by atoms with Crippen LogP contribution in [0.25, 0.3) is 0 Å². The zero-order chi connectivity index (χ0) is 16.9. The average Bonchev–Trinajstić information content (AvgIpc) is 3.10. The van der Waals surface area contributed by atoms with Crippen LogP contribution < -0.4 is 4.74 Å². The first-order valence-electron chi connectivity index (χ1n) is 8.35. The van der Waals surface area contributed by atoms with Gasteiger partial charge in [-0.3, -0.25) is 4.79 Å². The molecule has 0 spiro atoms. The number of carbonyl (C=O) groups is 1. The van der Waals surface area contributed by atoms with E-state index in [9.17, 15) is 9.18 Å². The Bertz CT molecular complexity index is 682. The van der Waals surface area contributed by atoms with Crippen molar-refractivity contribution in [1.29, 1.82) is 0 Å². The molecule has 4 heteroatoms. The lowest BCUT2D eigenvalue weighted by atomic mass is 10.0. The predicted molar refractivity (Wildman–Crippen MR) is 91.4 cm³/mol. The van der Waals surface area contributed by atoms with Crippen LogP contribution in [-0.4, -0.2) is 24.5 Å². The van der Waals surface area contributed by atoms with Gasteiger partial charge in [-0.25, -0.2) is 4.39 Å². The summed E-state index contributed by atoms with van der Waals surface area (Å²) in [6.45, 7) is 0.781. The number of nitrogens with zero attached hydrogens (tertiary/aromatic N) is 1. The molecule has 3 rings (SSSR count). The molecule has 1 heterocycles. The van der Waals surface area contributed by atoms with Gasteiger partial charge in [0.25, 0.3) is 0 Å². The second-order valence-electron chi connectivity index (χ2n) is 6.14. The van der Waals surface area contributed by atoms with Gasteiger partial charge >= 0.3 is 0 Å². The van der Waals surface area contributed by atoms with Crippen molar-refractivity contribution in [3.63, 3.8) is 0 Å². The molecule has 24 heavy (non-hydrogen) atoms. The van der Waals surface area contributed by atoms with E-state index in [1.165, 1.54) is 12.1 Å². The number of amides is 1. The quantitative estimate of drug-likeness (QED) is 0.826. The summed E-state index contributed by atoms with van der Waals surface area (Å²) < 4.78 is 18.2. The van der Waals surface area contributed by atoms with Crippen LogP contribution in [0.15, 0.2) is 48.5 Å². The van der Waals surface area contributed by atoms with Gasteiger partial charge in [-0.05, 0) is 54.7 Å². The number of methoxy groups -OCH3 is 1. The predicted octanol–water partition coefficient (Wildman–Crippen LogP) is 4.13. The lowest BCUT2D eigenvalue weighted by Gasteiger charge is -2.25. The SMILES string of the molecule is COc1ccc(CCC(=O)N2CCC[C@H]2c2ccc(F)cc2)cc1. The minimum Gasteiger partial charge on any atom is -0.497 e. The normalized spacial score (nSPS) is 17.1. The molecule has 2 aromatic rings. The standard InChI is InChI=1S/C20H22FNO2/c1-24-18-11-4-15(5-12-18)6-13-20(23)22-14-2-3-19(22)16-7-9-17(21)10-8-16/h4-5,7-12,19H,2-3,6,13-14H2,1H3/t19-/m0/s1. The molecule has 0 radical (unpaired) electrons. The molecule has 3 nitrogen and oxygen atoms in total. The Morgan fingerprint density at radius 1 is 1.17 bits per heavy atom. The molecule has 1 aliphatic rings. The first-order chi connectivity index (χ1) is 11.7. The topological polar surface area (TPSA) is 29.5 Å². The molecule has 2 aromatic carbocycles. The second kappa shape index (κ2) is 7.47. The van der Waals surface area contributed by atoms with Crippen molar-refractivity contribution in [2.75, 3.05) is 13.7 Å². The molecule has 1 fully saturated rings. The van der Waals surface area contributed by atoms with E-state index in [1.54, 1.807) is 19.2 Å². The number of likely N-dealkylation sites (tertiary alicyclic amines) is 1. The third-order valence-electron chi connectivity index (χ3n) is 4.61. The van der Waals surface area contributed by atoms with Gasteiger partial charge in [0.1, 0.15) is 11.6 Å². The van der Waals surface area contributed by atoms with Crippen LogP contribution in [0.3, 0.4) is 0 Å². The van der Waals surface area contributed by atoms with E-state index in [0.29, 0.717) is 6.42 Å². The molecule has 1 aliphatic heterocycles. The van der Waals surface area contributed by atoms with Gasteiger partial charge in [0.05, 0.1) is 13.2 Å². The third kappa shape index (κ3) is 3.75. The molecule has 0 saturated carbocycles. The number of hydrogen-bond donors (Lipinski definition) is 0. The Balaban J connectivity index is 1.61. The zero-order valence-corrected chi connectivity index (χ0v) is 13.9. The molecule has 1 saturated heterocycles. The van der Waals surface area contributed by atoms with Gasteiger partial charge in [0.2, 0.25) is 5.91 Å². The molecule has 0 bridgehead atoms. The van der Waals surface area contributed by atoms with Gasteiger partial charge < -0.3 is 9.64 Å². The third-order valence-corrected chi connectivity index (χ3v) is 4.61. The molecule has 126 valence electrons. The van der Waals surface area contributed by atoms with E-state index in [-0.39, 0.29) is 17.8 Å². The number of benzene rings is 2. The number of carbonyl (C=O) groups excluding carboxylic acids is 1. The van der Waals surface area contributed by atoms with Crippen LogP contribution in [-0.2, 0) is 11.2 Å². The first-order valence-corrected chi connectivity index (χ1v) is 8.35. The number of ether oxygens (including phenoxy) is 1. The summed E-state index contributed by atoms with van der Waals surface area (Å²) >= 11 is 0. The Morgan fingerprint density at radius 2 is 1.88 bits per heavy atom. The van der Waals surface area contributed by atoms with E-state index in [2.05, 4.69) is 0 Å². The van der Waals surface area contributed by atoms with Gasteiger partial charge in [-0.2, -0.15) is 0 Å². The summed E-state index contributed by atoms with van der Waals surface area (Å²) in [5.74, 6) is 0.743. The fourth-order valence-corrected chi connectivity index (χ4v) is 3.28. The van der Waals surface area contributed by atoms with Crippen LogP contribution in [0.2, 0.25) is 0 Å². The van der Waals surface area contributed by atoms with Gasteiger partial charge in [0.15, 0.2) is 0 Å². The first kappa shape index (κ1) is 16.5. The Labute approximate surface area is 142 Å². The highest BCUT2D eigenvalue weighted by Crippen LogP contribution is 2.32. The Morgan fingerprint density at radius 3 is 2.54 bits per heavy atom. The molecule has 0 aromatic heterocycles. The van der Waals surface area contributed by atoms with E-state index < -0.39 is 0 Å². The average molecular weight is 327 g/mol. The molecule has 0 aliphatic carbocycles. The molecule has 0 N–H and O–H groups in total. The maximum Gasteiger partial charge on any atom is 0.223 e. The summed E-state index contributed by atoms with van der Waals surface area (Å²) in [7, 11) is 1.64. The monoisotopic (exact) mass is 327 g/mol. The Kier molecular flexibility index (Phi) is 5.14.